The Kier molecular flexibility index (Phi) is 16.6. The van der Waals surface area contributed by atoms with Crippen LogP contribution in [0.5, 0.6) is 0 Å². The highest BCUT2D eigenvalue weighted by molar-refractivity contribution is 5.87. The monoisotopic (exact) mass is 342 g/mol. The van der Waals surface area contributed by atoms with E-state index in [-0.39, 0.29) is 11.9 Å². The number of carbonyl (C=O) groups is 2. The minimum atomic E-state index is -0.319. The largest absolute Gasteiger partial charge is 0.461 e. The van der Waals surface area contributed by atoms with Gasteiger partial charge in [-0.2, -0.15) is 0 Å². The number of ether oxygens (including phenoxy) is 2. The fourth-order valence-corrected chi connectivity index (χ4v) is 1.26. The summed E-state index contributed by atoms with van der Waals surface area (Å²) in [5.41, 5.74) is 0.894. The van der Waals surface area contributed by atoms with Crippen LogP contribution in [0.25, 0.3) is 0 Å². The molecule has 0 saturated carbocycles. The van der Waals surface area contributed by atoms with Gasteiger partial charge in [0.25, 0.3) is 0 Å². The Bertz CT molecular complexity index is 392. The number of hydrogen-bond donors (Lipinski definition) is 2. The molecule has 140 valence electrons. The van der Waals surface area contributed by atoms with Crippen LogP contribution >= 0.6 is 0 Å². The third kappa shape index (κ3) is 18.4. The molecule has 24 heavy (non-hydrogen) atoms. The average Bonchev–Trinajstić information content (AvgIpc) is 2.51. The van der Waals surface area contributed by atoms with Crippen LogP contribution in [-0.4, -0.2) is 50.8 Å². The molecule has 0 unspecified atom stereocenters. The van der Waals surface area contributed by atoms with E-state index >= 15 is 0 Å². The van der Waals surface area contributed by atoms with Crippen LogP contribution in [0.1, 0.15) is 41.0 Å². The third-order valence-electron chi connectivity index (χ3n) is 2.52. The number of rotatable bonds is 11. The lowest BCUT2D eigenvalue weighted by molar-refractivity contribution is -0.139. The van der Waals surface area contributed by atoms with Gasteiger partial charge in [0, 0.05) is 30.3 Å². The van der Waals surface area contributed by atoms with Gasteiger partial charge in [-0.15, -0.1) is 0 Å². The Balaban J connectivity index is 0. The van der Waals surface area contributed by atoms with Gasteiger partial charge in [0.1, 0.15) is 13.2 Å². The van der Waals surface area contributed by atoms with Gasteiger partial charge in [-0.3, -0.25) is 0 Å². The third-order valence-corrected chi connectivity index (χ3v) is 2.52. The van der Waals surface area contributed by atoms with Gasteiger partial charge in [-0.25, -0.2) is 9.59 Å². The summed E-state index contributed by atoms with van der Waals surface area (Å²) in [6, 6.07) is 0.425. The summed E-state index contributed by atoms with van der Waals surface area (Å²) in [5, 5.41) is 6.26. The molecule has 6 heteroatoms. The summed E-state index contributed by atoms with van der Waals surface area (Å²) < 4.78 is 9.70. The van der Waals surface area contributed by atoms with Crippen molar-refractivity contribution >= 4 is 11.9 Å². The molecule has 0 aromatic carbocycles. The molecule has 0 radical (unpaired) electrons. The number of nitrogens with one attached hydrogen (secondary N) is 2. The lowest BCUT2D eigenvalue weighted by Gasteiger charge is -2.08. The zero-order chi connectivity index (χ0) is 19.0. The van der Waals surface area contributed by atoms with Gasteiger partial charge in [0.15, 0.2) is 0 Å². The van der Waals surface area contributed by atoms with E-state index in [1.165, 1.54) is 0 Å². The predicted molar refractivity (Wildman–Crippen MR) is 97.8 cm³/mol. The molecular weight excluding hydrogens is 308 g/mol. The molecule has 0 fully saturated rings. The minimum Gasteiger partial charge on any atom is -0.461 e. The standard InChI is InChI=1S/2C9H17NO2/c1-7(2)9(11)12-6-5-10-8(3)4;1-4-5-10-6-7-12-9(11)8(2)3/h8,10H,1,5-6H2,2-4H3;10H,2,4-7H2,1,3H3. The molecule has 0 aliphatic heterocycles. The lowest BCUT2D eigenvalue weighted by Crippen LogP contribution is -2.27. The second-order valence-corrected chi connectivity index (χ2v) is 5.69. The van der Waals surface area contributed by atoms with Crippen molar-refractivity contribution in [2.45, 2.75) is 47.1 Å². The highest BCUT2D eigenvalue weighted by Crippen LogP contribution is 1.91. The van der Waals surface area contributed by atoms with E-state index in [1.807, 2.05) is 13.8 Å². The molecule has 0 bridgehead atoms. The van der Waals surface area contributed by atoms with Crippen molar-refractivity contribution in [1.29, 1.82) is 0 Å². The van der Waals surface area contributed by atoms with E-state index in [9.17, 15) is 9.59 Å². The topological polar surface area (TPSA) is 76.7 Å². The molecular formula is C18H34N2O4. The van der Waals surface area contributed by atoms with Crippen LogP contribution in [0.4, 0.5) is 0 Å². The summed E-state index contributed by atoms with van der Waals surface area (Å²) in [6.45, 7) is 19.6. The maximum absolute atomic E-state index is 10.8. The van der Waals surface area contributed by atoms with Crippen molar-refractivity contribution < 1.29 is 19.1 Å². The molecule has 0 rings (SSSR count). The first-order valence-electron chi connectivity index (χ1n) is 8.31. The van der Waals surface area contributed by atoms with Crippen LogP contribution < -0.4 is 10.6 Å². The van der Waals surface area contributed by atoms with Crippen molar-refractivity contribution in [3.05, 3.63) is 24.3 Å². The number of carbonyl (C=O) groups excluding carboxylic acids is 2. The van der Waals surface area contributed by atoms with E-state index in [0.717, 1.165) is 13.0 Å². The SMILES string of the molecule is C=C(C)C(=O)OCCNC(C)C.C=C(C)C(=O)OCCNCCC. The zero-order valence-electron chi connectivity index (χ0n) is 15.9. The van der Waals surface area contributed by atoms with E-state index in [0.29, 0.717) is 43.5 Å². The van der Waals surface area contributed by atoms with Crippen molar-refractivity contribution in [2.24, 2.45) is 0 Å². The van der Waals surface area contributed by atoms with Crippen LogP contribution in [0.15, 0.2) is 24.3 Å². The van der Waals surface area contributed by atoms with Gasteiger partial charge in [0.05, 0.1) is 0 Å². The van der Waals surface area contributed by atoms with E-state index < -0.39 is 0 Å². The highest BCUT2D eigenvalue weighted by Gasteiger charge is 2.02. The second kappa shape index (κ2) is 16.2. The Morgan fingerprint density at radius 1 is 0.917 bits per heavy atom. The lowest BCUT2D eigenvalue weighted by atomic mass is 10.4. The molecule has 0 heterocycles. The molecule has 0 amide bonds. The summed E-state index contributed by atoms with van der Waals surface area (Å²) in [6.07, 6.45) is 1.09. The van der Waals surface area contributed by atoms with Gasteiger partial charge in [-0.05, 0) is 26.8 Å². The summed E-state index contributed by atoms with van der Waals surface area (Å²) >= 11 is 0. The first-order valence-corrected chi connectivity index (χ1v) is 8.31. The average molecular weight is 342 g/mol. The summed E-state index contributed by atoms with van der Waals surface area (Å²) in [4.78, 5) is 21.7. The van der Waals surface area contributed by atoms with Crippen LogP contribution in [0.3, 0.4) is 0 Å². The van der Waals surface area contributed by atoms with Crippen molar-refractivity contribution in [1.82, 2.24) is 10.6 Å². The molecule has 0 aromatic heterocycles. The molecule has 6 nitrogen and oxygen atoms in total. The fraction of sp³-hybridized carbons (Fsp3) is 0.667. The van der Waals surface area contributed by atoms with Crippen LogP contribution in [0.2, 0.25) is 0 Å². The second-order valence-electron chi connectivity index (χ2n) is 5.69. The van der Waals surface area contributed by atoms with Crippen molar-refractivity contribution in [3.8, 4) is 0 Å². The van der Waals surface area contributed by atoms with E-state index in [1.54, 1.807) is 13.8 Å². The molecule has 0 atom stereocenters. The Labute approximate surface area is 146 Å². The maximum Gasteiger partial charge on any atom is 0.333 e. The van der Waals surface area contributed by atoms with Gasteiger partial charge in [-0.1, -0.05) is 33.9 Å². The quantitative estimate of drug-likeness (QED) is 0.341. The van der Waals surface area contributed by atoms with Crippen molar-refractivity contribution in [3.63, 3.8) is 0 Å². The van der Waals surface area contributed by atoms with Crippen LogP contribution in [0, 0.1) is 0 Å². The highest BCUT2D eigenvalue weighted by atomic mass is 16.5. The van der Waals surface area contributed by atoms with Crippen molar-refractivity contribution in [2.75, 3.05) is 32.8 Å². The fourth-order valence-electron chi connectivity index (χ4n) is 1.26. The van der Waals surface area contributed by atoms with E-state index in [2.05, 4.69) is 30.7 Å². The molecule has 0 saturated heterocycles. The maximum atomic E-state index is 10.8. The molecule has 0 spiro atoms. The number of hydrogen-bond acceptors (Lipinski definition) is 6. The summed E-state index contributed by atoms with van der Waals surface area (Å²) in [7, 11) is 0. The van der Waals surface area contributed by atoms with Gasteiger partial charge >= 0.3 is 11.9 Å². The molecule has 2 N–H and O–H groups in total. The molecule has 0 aliphatic rings. The molecule has 0 aromatic rings. The normalized spacial score (nSPS) is 9.75. The van der Waals surface area contributed by atoms with Crippen LogP contribution in [-0.2, 0) is 19.1 Å². The Morgan fingerprint density at radius 2 is 1.38 bits per heavy atom. The number of esters is 2. The smallest absolute Gasteiger partial charge is 0.333 e. The minimum absolute atomic E-state index is 0.312. The van der Waals surface area contributed by atoms with E-state index in [4.69, 9.17) is 9.47 Å². The Morgan fingerprint density at radius 3 is 1.75 bits per heavy atom. The first kappa shape index (κ1) is 24.6. The first-order chi connectivity index (χ1) is 11.2. The molecule has 0 aliphatic carbocycles. The van der Waals surface area contributed by atoms with Gasteiger partial charge < -0.3 is 20.1 Å². The summed E-state index contributed by atoms with van der Waals surface area (Å²) in [5.74, 6) is -0.631. The zero-order valence-corrected chi connectivity index (χ0v) is 15.9. The Hall–Kier alpha value is -1.66. The van der Waals surface area contributed by atoms with Gasteiger partial charge in [0.2, 0.25) is 0 Å². The predicted octanol–water partition coefficient (Wildman–Crippen LogP) is 2.21.